The van der Waals surface area contributed by atoms with Crippen molar-refractivity contribution in [3.63, 3.8) is 0 Å². The molecule has 5 aromatic rings. The van der Waals surface area contributed by atoms with Gasteiger partial charge in [-0.2, -0.15) is 0 Å². The van der Waals surface area contributed by atoms with Crippen molar-refractivity contribution in [1.29, 1.82) is 0 Å². The first kappa shape index (κ1) is 27.9. The molecule has 204 valence electrons. The van der Waals surface area contributed by atoms with E-state index in [9.17, 15) is 9.59 Å². The quantitative estimate of drug-likeness (QED) is 0.190. The monoisotopic (exact) mass is 588 g/mol. The van der Waals surface area contributed by atoms with E-state index < -0.39 is 0 Å². The molecule has 0 unspecified atom stereocenters. The highest BCUT2D eigenvalue weighted by molar-refractivity contribution is 8.01. The first-order chi connectivity index (χ1) is 19.3. The summed E-state index contributed by atoms with van der Waals surface area (Å²) in [7, 11) is 1.89. The van der Waals surface area contributed by atoms with Crippen molar-refractivity contribution >= 4 is 68.3 Å². The number of aromatic nitrogens is 4. The molecule has 2 amide bonds. The molecular weight excluding hydrogens is 561 g/mol. The Kier molecular flexibility index (Phi) is 8.53. The molecule has 0 aliphatic rings. The molecule has 0 saturated carbocycles. The van der Waals surface area contributed by atoms with Crippen LogP contribution in [0.25, 0.3) is 21.6 Å². The molecular formula is C29H28N6O2S3. The van der Waals surface area contributed by atoms with Gasteiger partial charge in [-0.05, 0) is 50.1 Å². The molecule has 11 heteroatoms. The molecule has 0 saturated heterocycles. The van der Waals surface area contributed by atoms with Gasteiger partial charge >= 0.3 is 0 Å². The second kappa shape index (κ2) is 12.2. The van der Waals surface area contributed by atoms with E-state index in [1.54, 1.807) is 0 Å². The van der Waals surface area contributed by atoms with E-state index in [1.165, 1.54) is 40.4 Å². The number of nitrogens with one attached hydrogen (secondary N) is 2. The topological polar surface area (TPSA) is 102 Å². The van der Waals surface area contributed by atoms with E-state index in [1.807, 2.05) is 80.9 Å². The van der Waals surface area contributed by atoms with E-state index in [0.717, 1.165) is 42.8 Å². The number of thiazole rings is 1. The molecule has 3 aromatic carbocycles. The van der Waals surface area contributed by atoms with Gasteiger partial charge in [-0.15, -0.1) is 21.5 Å². The lowest BCUT2D eigenvalue weighted by Crippen LogP contribution is -2.15. The van der Waals surface area contributed by atoms with Crippen molar-refractivity contribution in [2.24, 2.45) is 7.05 Å². The zero-order chi connectivity index (χ0) is 28.2. The Hall–Kier alpha value is -3.67. The lowest BCUT2D eigenvalue weighted by molar-refractivity contribution is -0.114. The van der Waals surface area contributed by atoms with Crippen LogP contribution in [-0.2, 0) is 16.6 Å². The summed E-state index contributed by atoms with van der Waals surface area (Å²) in [6, 6.07) is 19.6. The van der Waals surface area contributed by atoms with Gasteiger partial charge in [-0.3, -0.25) is 9.59 Å². The summed E-state index contributed by atoms with van der Waals surface area (Å²) >= 11 is 4.24. The molecule has 2 aromatic heterocycles. The fourth-order valence-corrected chi connectivity index (χ4v) is 6.95. The highest BCUT2D eigenvalue weighted by Crippen LogP contribution is 2.32. The molecule has 8 nitrogen and oxygen atoms in total. The van der Waals surface area contributed by atoms with Gasteiger partial charge in [0.2, 0.25) is 11.8 Å². The predicted molar refractivity (Wildman–Crippen MR) is 165 cm³/mol. The van der Waals surface area contributed by atoms with Crippen molar-refractivity contribution < 1.29 is 9.59 Å². The van der Waals surface area contributed by atoms with Crippen LogP contribution in [0.15, 0.2) is 70.2 Å². The molecule has 0 aliphatic heterocycles. The Morgan fingerprint density at radius 2 is 1.57 bits per heavy atom. The maximum Gasteiger partial charge on any atom is 0.234 e. The van der Waals surface area contributed by atoms with Crippen molar-refractivity contribution in [3.8, 4) is 11.4 Å². The van der Waals surface area contributed by atoms with Crippen molar-refractivity contribution in [2.45, 2.75) is 30.3 Å². The minimum atomic E-state index is -0.133. The number of hydrogen-bond donors (Lipinski definition) is 2. The van der Waals surface area contributed by atoms with Crippen LogP contribution in [0.1, 0.15) is 16.7 Å². The Morgan fingerprint density at radius 3 is 2.33 bits per heavy atom. The van der Waals surface area contributed by atoms with Crippen LogP contribution in [0.5, 0.6) is 0 Å². The summed E-state index contributed by atoms with van der Waals surface area (Å²) in [5.74, 6) is 1.03. The number of benzene rings is 3. The zero-order valence-electron chi connectivity index (χ0n) is 22.5. The van der Waals surface area contributed by atoms with Gasteiger partial charge in [0.15, 0.2) is 15.3 Å². The van der Waals surface area contributed by atoms with Gasteiger partial charge < -0.3 is 15.2 Å². The Bertz CT molecular complexity index is 1670. The minimum Gasteiger partial charge on any atom is -0.325 e. The standard InChI is InChI=1S/C29H28N6O2S3/c1-17-12-18(2)26(19(3)13-17)32-25(37)16-39-29-31-22-11-10-21(14-23(22)40-29)30-24(36)15-38-28-34-33-27(35(28)4)20-8-6-5-7-9-20/h5-14H,15-16H2,1-4H3,(H,30,36)(H,32,37). The Morgan fingerprint density at radius 1 is 0.875 bits per heavy atom. The van der Waals surface area contributed by atoms with Gasteiger partial charge in [-0.1, -0.05) is 71.6 Å². The van der Waals surface area contributed by atoms with Gasteiger partial charge in [-0.25, -0.2) is 4.98 Å². The molecule has 0 aliphatic carbocycles. The molecule has 2 N–H and O–H groups in total. The van der Waals surface area contributed by atoms with Gasteiger partial charge in [0.05, 0.1) is 21.7 Å². The van der Waals surface area contributed by atoms with Crippen LogP contribution in [0.2, 0.25) is 0 Å². The largest absolute Gasteiger partial charge is 0.325 e. The average Bonchev–Trinajstić information content (AvgIpc) is 3.51. The van der Waals surface area contributed by atoms with E-state index >= 15 is 0 Å². The van der Waals surface area contributed by atoms with Gasteiger partial charge in [0, 0.05) is 24.0 Å². The molecule has 0 atom stereocenters. The fraction of sp³-hybridized carbons (Fsp3) is 0.207. The summed E-state index contributed by atoms with van der Waals surface area (Å²) in [4.78, 5) is 29.9. The van der Waals surface area contributed by atoms with Crippen LogP contribution in [0, 0.1) is 20.8 Å². The SMILES string of the molecule is Cc1cc(C)c(NC(=O)CSc2nc3ccc(NC(=O)CSc4nnc(-c5ccccc5)n4C)cc3s2)c(C)c1. The lowest BCUT2D eigenvalue weighted by Gasteiger charge is -2.12. The van der Waals surface area contributed by atoms with Crippen LogP contribution >= 0.6 is 34.9 Å². The maximum absolute atomic E-state index is 12.7. The summed E-state index contributed by atoms with van der Waals surface area (Å²) in [5, 5.41) is 15.2. The number of carbonyl (C=O) groups is 2. The number of fused-ring (bicyclic) bond motifs is 1. The minimum absolute atomic E-state index is 0.0661. The third kappa shape index (κ3) is 6.55. The van der Waals surface area contributed by atoms with Crippen molar-refractivity contribution in [3.05, 3.63) is 77.4 Å². The van der Waals surface area contributed by atoms with Crippen LogP contribution in [-0.4, -0.2) is 43.1 Å². The first-order valence-corrected chi connectivity index (χ1v) is 15.3. The number of rotatable bonds is 9. The second-order valence-electron chi connectivity index (χ2n) is 9.34. The molecule has 0 spiro atoms. The fourth-order valence-electron chi connectivity index (χ4n) is 4.33. The summed E-state index contributed by atoms with van der Waals surface area (Å²) in [6.45, 7) is 6.05. The maximum atomic E-state index is 12.7. The number of carbonyl (C=O) groups excluding carboxylic acids is 2. The van der Waals surface area contributed by atoms with Crippen molar-refractivity contribution in [1.82, 2.24) is 19.7 Å². The van der Waals surface area contributed by atoms with E-state index in [4.69, 9.17) is 0 Å². The van der Waals surface area contributed by atoms with Crippen molar-refractivity contribution in [2.75, 3.05) is 22.1 Å². The normalized spacial score (nSPS) is 11.1. The van der Waals surface area contributed by atoms with E-state index in [0.29, 0.717) is 10.8 Å². The number of thioether (sulfide) groups is 2. The smallest absolute Gasteiger partial charge is 0.234 e. The molecule has 0 fully saturated rings. The highest BCUT2D eigenvalue weighted by atomic mass is 32.2. The number of aryl methyl sites for hydroxylation is 3. The first-order valence-electron chi connectivity index (χ1n) is 12.6. The average molecular weight is 589 g/mol. The van der Waals surface area contributed by atoms with Crippen LogP contribution in [0.3, 0.4) is 0 Å². The van der Waals surface area contributed by atoms with Crippen LogP contribution < -0.4 is 10.6 Å². The third-order valence-corrected chi connectivity index (χ3v) is 9.30. The van der Waals surface area contributed by atoms with Gasteiger partial charge in [0.1, 0.15) is 0 Å². The number of nitrogens with zero attached hydrogens (tertiary/aromatic N) is 4. The van der Waals surface area contributed by atoms with E-state index in [2.05, 4.69) is 37.9 Å². The summed E-state index contributed by atoms with van der Waals surface area (Å²) < 4.78 is 3.64. The molecule has 0 bridgehead atoms. The summed E-state index contributed by atoms with van der Waals surface area (Å²) in [6.07, 6.45) is 0. The number of hydrogen-bond acceptors (Lipinski definition) is 8. The highest BCUT2D eigenvalue weighted by Gasteiger charge is 2.14. The summed E-state index contributed by atoms with van der Waals surface area (Å²) in [5.41, 5.74) is 6.65. The Balaban J connectivity index is 1.15. The lowest BCUT2D eigenvalue weighted by atomic mass is 10.1. The second-order valence-corrected chi connectivity index (χ2v) is 12.5. The van der Waals surface area contributed by atoms with E-state index in [-0.39, 0.29) is 23.3 Å². The molecule has 2 heterocycles. The molecule has 40 heavy (non-hydrogen) atoms. The zero-order valence-corrected chi connectivity index (χ0v) is 25.0. The van der Waals surface area contributed by atoms with Gasteiger partial charge in [0.25, 0.3) is 0 Å². The predicted octanol–water partition coefficient (Wildman–Crippen LogP) is 6.48. The molecule has 5 rings (SSSR count). The Labute approximate surface area is 245 Å². The molecule has 0 radical (unpaired) electrons. The number of amides is 2. The number of anilines is 2. The van der Waals surface area contributed by atoms with Crippen LogP contribution in [0.4, 0.5) is 11.4 Å². The third-order valence-electron chi connectivity index (χ3n) is 6.12.